The Kier molecular flexibility index (Phi) is 3.17. The first-order chi connectivity index (χ1) is 6.40. The van der Waals surface area contributed by atoms with Crippen LogP contribution in [-0.2, 0) is 9.53 Å². The van der Waals surface area contributed by atoms with Gasteiger partial charge in [-0.05, 0) is 39.5 Å². The minimum atomic E-state index is -1.05. The average Bonchev–Trinajstić information content (AvgIpc) is 2.52. The Balaban J connectivity index is 2.55. The van der Waals surface area contributed by atoms with Crippen molar-refractivity contribution in [3.05, 3.63) is 0 Å². The Bertz CT molecular complexity index is 220. The first-order valence-corrected chi connectivity index (χ1v) is 5.12. The summed E-state index contributed by atoms with van der Waals surface area (Å²) in [7, 11) is 0. The van der Waals surface area contributed by atoms with E-state index in [1.807, 2.05) is 6.92 Å². The van der Waals surface area contributed by atoms with Gasteiger partial charge in [0.25, 0.3) is 0 Å². The number of carbonyl (C=O) groups is 1. The third-order valence-electron chi connectivity index (χ3n) is 2.89. The fourth-order valence-electron chi connectivity index (χ4n) is 1.65. The number of hydrogen-bond donors (Lipinski definition) is 2. The van der Waals surface area contributed by atoms with E-state index in [4.69, 9.17) is 16.2 Å². The van der Waals surface area contributed by atoms with E-state index in [1.165, 1.54) is 0 Å². The van der Waals surface area contributed by atoms with E-state index >= 15 is 0 Å². The molecule has 0 aliphatic heterocycles. The molecule has 0 aromatic rings. The Morgan fingerprint density at radius 3 is 2.43 bits per heavy atom. The molecule has 0 spiro atoms. The van der Waals surface area contributed by atoms with E-state index in [9.17, 15) is 4.79 Å². The molecule has 4 nitrogen and oxygen atoms in total. The summed E-state index contributed by atoms with van der Waals surface area (Å²) in [5.74, 6) is -0.385. The van der Waals surface area contributed by atoms with E-state index < -0.39 is 5.54 Å². The van der Waals surface area contributed by atoms with Crippen LogP contribution in [0.4, 0.5) is 0 Å². The molecular weight excluding hydrogens is 180 g/mol. The minimum Gasteiger partial charge on any atom is -0.458 e. The molecule has 82 valence electrons. The summed E-state index contributed by atoms with van der Waals surface area (Å²) in [4.78, 5) is 11.6. The van der Waals surface area contributed by atoms with Crippen LogP contribution in [0.1, 0.15) is 39.5 Å². The van der Waals surface area contributed by atoms with Crippen LogP contribution in [0.25, 0.3) is 0 Å². The molecule has 1 saturated carbocycles. The van der Waals surface area contributed by atoms with Gasteiger partial charge in [-0.1, -0.05) is 0 Å². The van der Waals surface area contributed by atoms with Crippen molar-refractivity contribution in [2.24, 2.45) is 11.5 Å². The van der Waals surface area contributed by atoms with Gasteiger partial charge in [-0.25, -0.2) is 4.79 Å². The largest absolute Gasteiger partial charge is 0.458 e. The maximum absolute atomic E-state index is 11.6. The summed E-state index contributed by atoms with van der Waals surface area (Å²) in [5.41, 5.74) is 9.73. The molecule has 1 aliphatic rings. The lowest BCUT2D eigenvalue weighted by molar-refractivity contribution is -0.163. The van der Waals surface area contributed by atoms with Gasteiger partial charge in [0.1, 0.15) is 11.1 Å². The smallest absolute Gasteiger partial charge is 0.327 e. The van der Waals surface area contributed by atoms with Crippen LogP contribution in [0.3, 0.4) is 0 Å². The molecule has 1 atom stereocenters. The summed E-state index contributed by atoms with van der Waals surface area (Å²) >= 11 is 0. The molecule has 4 heteroatoms. The van der Waals surface area contributed by atoms with Crippen LogP contribution in [0.2, 0.25) is 0 Å². The quantitative estimate of drug-likeness (QED) is 0.652. The van der Waals surface area contributed by atoms with Gasteiger partial charge >= 0.3 is 5.97 Å². The number of rotatable bonds is 3. The van der Waals surface area contributed by atoms with Gasteiger partial charge in [-0.3, -0.25) is 0 Å². The van der Waals surface area contributed by atoms with Crippen LogP contribution in [0.15, 0.2) is 0 Å². The summed E-state index contributed by atoms with van der Waals surface area (Å²) in [5, 5.41) is 0. The molecule has 1 fully saturated rings. The molecule has 0 amide bonds. The van der Waals surface area contributed by atoms with Gasteiger partial charge in [-0.2, -0.15) is 0 Å². The summed E-state index contributed by atoms with van der Waals surface area (Å²) in [6.45, 7) is 3.68. The first-order valence-electron chi connectivity index (χ1n) is 5.12. The standard InChI is InChI=1S/C10H20N2O2/c1-9(5-3-4-6-9)14-8(13)10(2,12)7-11/h3-7,11-12H2,1-2H3. The maximum Gasteiger partial charge on any atom is 0.327 e. The van der Waals surface area contributed by atoms with Crippen molar-refractivity contribution in [3.63, 3.8) is 0 Å². The summed E-state index contributed by atoms with van der Waals surface area (Å²) in [6.07, 6.45) is 4.10. The second kappa shape index (κ2) is 3.87. The van der Waals surface area contributed by atoms with E-state index in [0.29, 0.717) is 0 Å². The van der Waals surface area contributed by atoms with Crippen molar-refractivity contribution in [1.29, 1.82) is 0 Å². The molecule has 1 rings (SSSR count). The fraction of sp³-hybridized carbons (Fsp3) is 0.900. The zero-order valence-corrected chi connectivity index (χ0v) is 9.01. The van der Waals surface area contributed by atoms with Gasteiger partial charge in [0.2, 0.25) is 0 Å². The third kappa shape index (κ3) is 2.45. The second-order valence-electron chi connectivity index (χ2n) is 4.67. The van der Waals surface area contributed by atoms with Gasteiger partial charge in [0.15, 0.2) is 0 Å². The van der Waals surface area contributed by atoms with Gasteiger partial charge in [0.05, 0.1) is 0 Å². The molecule has 1 unspecified atom stereocenters. The molecule has 4 N–H and O–H groups in total. The lowest BCUT2D eigenvalue weighted by atomic mass is 10.0. The Hall–Kier alpha value is -0.610. The Morgan fingerprint density at radius 2 is 2.00 bits per heavy atom. The molecule has 0 saturated heterocycles. The van der Waals surface area contributed by atoms with E-state index in [2.05, 4.69) is 0 Å². The van der Waals surface area contributed by atoms with Gasteiger partial charge in [0, 0.05) is 6.54 Å². The van der Waals surface area contributed by atoms with Gasteiger partial charge in [-0.15, -0.1) is 0 Å². The molecule has 0 bridgehead atoms. The Labute approximate surface area is 85.0 Å². The number of esters is 1. The SMILES string of the molecule is CC1(OC(=O)C(C)(N)CN)CCCC1. The van der Waals surface area contributed by atoms with Crippen LogP contribution in [0.5, 0.6) is 0 Å². The Morgan fingerprint density at radius 1 is 1.50 bits per heavy atom. The highest BCUT2D eigenvalue weighted by Gasteiger charge is 2.37. The molecular formula is C10H20N2O2. The van der Waals surface area contributed by atoms with Crippen LogP contribution in [-0.4, -0.2) is 23.7 Å². The van der Waals surface area contributed by atoms with Crippen molar-refractivity contribution >= 4 is 5.97 Å². The summed E-state index contributed by atoms with van der Waals surface area (Å²) in [6, 6.07) is 0. The highest BCUT2D eigenvalue weighted by molar-refractivity contribution is 5.80. The van der Waals surface area contributed by atoms with Crippen molar-refractivity contribution in [2.45, 2.75) is 50.7 Å². The first kappa shape index (κ1) is 11.5. The number of ether oxygens (including phenoxy) is 1. The fourth-order valence-corrected chi connectivity index (χ4v) is 1.65. The predicted octanol–water partition coefficient (Wildman–Crippen LogP) is 0.538. The highest BCUT2D eigenvalue weighted by atomic mass is 16.6. The minimum absolute atomic E-state index is 0.113. The lowest BCUT2D eigenvalue weighted by Gasteiger charge is -2.29. The van der Waals surface area contributed by atoms with Crippen molar-refractivity contribution in [2.75, 3.05) is 6.54 Å². The number of carbonyl (C=O) groups excluding carboxylic acids is 1. The van der Waals surface area contributed by atoms with Crippen molar-refractivity contribution < 1.29 is 9.53 Å². The maximum atomic E-state index is 11.6. The molecule has 0 radical (unpaired) electrons. The normalized spacial score (nSPS) is 24.3. The molecule has 14 heavy (non-hydrogen) atoms. The molecule has 0 aromatic carbocycles. The third-order valence-corrected chi connectivity index (χ3v) is 2.89. The highest BCUT2D eigenvalue weighted by Crippen LogP contribution is 2.33. The number of hydrogen-bond acceptors (Lipinski definition) is 4. The molecule has 1 aliphatic carbocycles. The summed E-state index contributed by atoms with van der Waals surface area (Å²) < 4.78 is 5.41. The zero-order chi connectivity index (χ0) is 10.8. The van der Waals surface area contributed by atoms with Crippen LogP contribution >= 0.6 is 0 Å². The predicted molar refractivity (Wildman–Crippen MR) is 54.6 cm³/mol. The molecule has 0 heterocycles. The van der Waals surface area contributed by atoms with Crippen molar-refractivity contribution in [3.8, 4) is 0 Å². The van der Waals surface area contributed by atoms with Crippen molar-refractivity contribution in [1.82, 2.24) is 0 Å². The van der Waals surface area contributed by atoms with E-state index in [-0.39, 0.29) is 18.1 Å². The monoisotopic (exact) mass is 200 g/mol. The van der Waals surface area contributed by atoms with E-state index in [0.717, 1.165) is 25.7 Å². The van der Waals surface area contributed by atoms with E-state index in [1.54, 1.807) is 6.92 Å². The second-order valence-corrected chi connectivity index (χ2v) is 4.67. The average molecular weight is 200 g/mol. The van der Waals surface area contributed by atoms with Crippen LogP contribution < -0.4 is 11.5 Å². The zero-order valence-electron chi connectivity index (χ0n) is 9.01. The number of nitrogens with two attached hydrogens (primary N) is 2. The topological polar surface area (TPSA) is 78.3 Å². The molecule has 0 aromatic heterocycles. The van der Waals surface area contributed by atoms with Crippen LogP contribution in [0, 0.1) is 0 Å². The van der Waals surface area contributed by atoms with Gasteiger partial charge < -0.3 is 16.2 Å². The lowest BCUT2D eigenvalue weighted by Crippen LogP contribution is -2.54.